The monoisotopic (exact) mass is 264 g/mol. The maximum atomic E-state index is 11.0. The molecule has 4 nitrogen and oxygen atoms in total. The van der Waals surface area contributed by atoms with E-state index in [2.05, 4.69) is 12.2 Å². The van der Waals surface area contributed by atoms with E-state index in [1.54, 1.807) is 7.05 Å². The van der Waals surface area contributed by atoms with Gasteiger partial charge in [0.1, 0.15) is 5.75 Å². The van der Waals surface area contributed by atoms with Crippen molar-refractivity contribution in [1.82, 2.24) is 5.32 Å². The summed E-state index contributed by atoms with van der Waals surface area (Å²) in [5.41, 5.74) is 7.14. The molecule has 106 valence electrons. The molecule has 1 aromatic rings. The van der Waals surface area contributed by atoms with Gasteiger partial charge in [0.2, 0.25) is 5.91 Å². The topological polar surface area (TPSA) is 64.3 Å². The zero-order chi connectivity index (χ0) is 14.1. The minimum Gasteiger partial charge on any atom is -0.494 e. The Labute approximate surface area is 115 Å². The van der Waals surface area contributed by atoms with E-state index in [1.165, 1.54) is 5.56 Å². The van der Waals surface area contributed by atoms with E-state index in [4.69, 9.17) is 10.5 Å². The van der Waals surface area contributed by atoms with Gasteiger partial charge in [-0.2, -0.15) is 0 Å². The number of nitrogens with two attached hydrogens (primary N) is 1. The predicted octanol–water partition coefficient (Wildman–Crippen LogP) is 1.87. The van der Waals surface area contributed by atoms with E-state index >= 15 is 0 Å². The maximum Gasteiger partial charge on any atom is 0.219 e. The Morgan fingerprint density at radius 3 is 2.63 bits per heavy atom. The molecule has 0 aromatic heterocycles. The Kier molecular flexibility index (Phi) is 6.97. The fourth-order valence-electron chi connectivity index (χ4n) is 1.72. The van der Waals surface area contributed by atoms with Crippen LogP contribution < -0.4 is 15.8 Å². The molecule has 1 amide bonds. The van der Waals surface area contributed by atoms with E-state index in [9.17, 15) is 4.79 Å². The molecule has 0 saturated heterocycles. The van der Waals surface area contributed by atoms with Crippen LogP contribution in [0.25, 0.3) is 0 Å². The summed E-state index contributed by atoms with van der Waals surface area (Å²) in [6.07, 6.45) is 3.10. The van der Waals surface area contributed by atoms with Crippen LogP contribution in [0.3, 0.4) is 0 Å². The Morgan fingerprint density at radius 2 is 2.05 bits per heavy atom. The first-order valence-corrected chi connectivity index (χ1v) is 6.83. The highest BCUT2D eigenvalue weighted by molar-refractivity contribution is 5.75. The summed E-state index contributed by atoms with van der Waals surface area (Å²) in [5, 5.41) is 2.59. The number of rotatable bonds is 8. The number of hydrogen-bond acceptors (Lipinski definition) is 3. The van der Waals surface area contributed by atoms with Crippen molar-refractivity contribution in [3.8, 4) is 5.75 Å². The molecule has 0 aliphatic carbocycles. The summed E-state index contributed by atoms with van der Waals surface area (Å²) in [6, 6.07) is 8.22. The first-order valence-electron chi connectivity index (χ1n) is 6.83. The van der Waals surface area contributed by atoms with Crippen LogP contribution in [-0.4, -0.2) is 25.6 Å². The number of carbonyl (C=O) groups is 1. The Bertz CT molecular complexity index is 376. The molecular formula is C15H24N2O2. The number of nitrogens with one attached hydrogen (secondary N) is 1. The van der Waals surface area contributed by atoms with Crippen molar-refractivity contribution in [1.29, 1.82) is 0 Å². The number of ether oxygens (including phenoxy) is 1. The highest BCUT2D eigenvalue weighted by Gasteiger charge is 2.02. The van der Waals surface area contributed by atoms with Gasteiger partial charge in [-0.15, -0.1) is 0 Å². The average Bonchev–Trinajstić information content (AvgIpc) is 2.44. The lowest BCUT2D eigenvalue weighted by Gasteiger charge is -2.10. The van der Waals surface area contributed by atoms with Gasteiger partial charge in [-0.05, 0) is 37.0 Å². The molecule has 0 radical (unpaired) electrons. The van der Waals surface area contributed by atoms with Gasteiger partial charge in [-0.1, -0.05) is 19.1 Å². The van der Waals surface area contributed by atoms with Crippen molar-refractivity contribution in [2.24, 2.45) is 5.73 Å². The van der Waals surface area contributed by atoms with Crippen molar-refractivity contribution in [2.75, 3.05) is 13.7 Å². The van der Waals surface area contributed by atoms with Crippen LogP contribution in [-0.2, 0) is 11.2 Å². The van der Waals surface area contributed by atoms with Gasteiger partial charge in [-0.25, -0.2) is 0 Å². The number of carbonyl (C=O) groups excluding carboxylic acids is 1. The zero-order valence-corrected chi connectivity index (χ0v) is 11.8. The SMILES string of the molecule is CCC(N)Cc1ccc(OCCCC(=O)NC)cc1. The van der Waals surface area contributed by atoms with Gasteiger partial charge in [0.05, 0.1) is 6.61 Å². The molecule has 3 N–H and O–H groups in total. The standard InChI is InChI=1S/C15H24N2O2/c1-3-13(16)11-12-6-8-14(9-7-12)19-10-4-5-15(18)17-2/h6-9,13H,3-5,10-11,16H2,1-2H3,(H,17,18). The summed E-state index contributed by atoms with van der Waals surface area (Å²) >= 11 is 0. The highest BCUT2D eigenvalue weighted by Crippen LogP contribution is 2.14. The predicted molar refractivity (Wildman–Crippen MR) is 77.2 cm³/mol. The Morgan fingerprint density at radius 1 is 1.37 bits per heavy atom. The third kappa shape index (κ3) is 6.25. The van der Waals surface area contributed by atoms with Crippen LogP contribution in [0, 0.1) is 0 Å². The molecule has 19 heavy (non-hydrogen) atoms. The smallest absolute Gasteiger partial charge is 0.219 e. The lowest BCUT2D eigenvalue weighted by atomic mass is 10.0. The van der Waals surface area contributed by atoms with Crippen LogP contribution in [0.15, 0.2) is 24.3 Å². The second kappa shape index (κ2) is 8.53. The number of amides is 1. The van der Waals surface area contributed by atoms with Gasteiger partial charge in [0.15, 0.2) is 0 Å². The minimum absolute atomic E-state index is 0.0486. The normalized spacial score (nSPS) is 11.9. The molecule has 0 heterocycles. The van der Waals surface area contributed by atoms with Crippen LogP contribution in [0.1, 0.15) is 31.7 Å². The van der Waals surface area contributed by atoms with E-state index in [1.807, 2.05) is 24.3 Å². The highest BCUT2D eigenvalue weighted by atomic mass is 16.5. The van der Waals surface area contributed by atoms with Crippen LogP contribution >= 0.6 is 0 Å². The Hall–Kier alpha value is -1.55. The molecular weight excluding hydrogens is 240 g/mol. The molecule has 1 rings (SSSR count). The number of benzene rings is 1. The zero-order valence-electron chi connectivity index (χ0n) is 11.8. The molecule has 0 bridgehead atoms. The molecule has 1 unspecified atom stereocenters. The van der Waals surface area contributed by atoms with Gasteiger partial charge in [0.25, 0.3) is 0 Å². The second-order valence-electron chi connectivity index (χ2n) is 4.64. The first-order chi connectivity index (χ1) is 9.15. The molecule has 0 spiro atoms. The number of hydrogen-bond donors (Lipinski definition) is 2. The largest absolute Gasteiger partial charge is 0.494 e. The van der Waals surface area contributed by atoms with E-state index in [-0.39, 0.29) is 11.9 Å². The van der Waals surface area contributed by atoms with Gasteiger partial charge < -0.3 is 15.8 Å². The lowest BCUT2D eigenvalue weighted by molar-refractivity contribution is -0.120. The molecule has 0 aliphatic heterocycles. The Balaban J connectivity index is 2.30. The summed E-state index contributed by atoms with van der Waals surface area (Å²) in [4.78, 5) is 11.0. The third-order valence-electron chi connectivity index (χ3n) is 3.04. The third-order valence-corrected chi connectivity index (χ3v) is 3.04. The van der Waals surface area contributed by atoms with Crippen molar-refractivity contribution in [3.63, 3.8) is 0 Å². The molecule has 0 saturated carbocycles. The van der Waals surface area contributed by atoms with Gasteiger partial charge >= 0.3 is 0 Å². The van der Waals surface area contributed by atoms with Crippen LogP contribution in [0.4, 0.5) is 0 Å². The maximum absolute atomic E-state index is 11.0. The second-order valence-corrected chi connectivity index (χ2v) is 4.64. The fraction of sp³-hybridized carbons (Fsp3) is 0.533. The van der Waals surface area contributed by atoms with Crippen molar-refractivity contribution in [2.45, 2.75) is 38.6 Å². The first kappa shape index (κ1) is 15.5. The van der Waals surface area contributed by atoms with Gasteiger partial charge in [-0.3, -0.25) is 4.79 Å². The molecule has 4 heteroatoms. The molecule has 0 aliphatic rings. The quantitative estimate of drug-likeness (QED) is 0.705. The van der Waals surface area contributed by atoms with E-state index < -0.39 is 0 Å². The lowest BCUT2D eigenvalue weighted by Crippen LogP contribution is -2.21. The summed E-state index contributed by atoms with van der Waals surface area (Å²) in [6.45, 7) is 2.65. The van der Waals surface area contributed by atoms with Crippen molar-refractivity contribution >= 4 is 5.91 Å². The van der Waals surface area contributed by atoms with E-state index in [0.29, 0.717) is 13.0 Å². The summed E-state index contributed by atoms with van der Waals surface area (Å²) < 4.78 is 5.58. The van der Waals surface area contributed by atoms with Crippen molar-refractivity contribution in [3.05, 3.63) is 29.8 Å². The minimum atomic E-state index is 0.0486. The van der Waals surface area contributed by atoms with E-state index in [0.717, 1.165) is 25.0 Å². The van der Waals surface area contributed by atoms with Gasteiger partial charge in [0, 0.05) is 19.5 Å². The fourth-order valence-corrected chi connectivity index (χ4v) is 1.72. The van der Waals surface area contributed by atoms with Crippen molar-refractivity contribution < 1.29 is 9.53 Å². The summed E-state index contributed by atoms with van der Waals surface area (Å²) in [5.74, 6) is 0.887. The summed E-state index contributed by atoms with van der Waals surface area (Å²) in [7, 11) is 1.64. The van der Waals surface area contributed by atoms with Crippen LogP contribution in [0.5, 0.6) is 5.75 Å². The molecule has 1 atom stereocenters. The van der Waals surface area contributed by atoms with Crippen LogP contribution in [0.2, 0.25) is 0 Å². The molecule has 0 fully saturated rings. The average molecular weight is 264 g/mol. The molecule has 1 aromatic carbocycles.